The summed E-state index contributed by atoms with van der Waals surface area (Å²) in [6, 6.07) is 6.18. The van der Waals surface area contributed by atoms with E-state index in [0.717, 1.165) is 5.39 Å². The van der Waals surface area contributed by atoms with Crippen molar-refractivity contribution < 1.29 is 14.3 Å². The first kappa shape index (κ1) is 12.7. The Morgan fingerprint density at radius 3 is 3.00 bits per heavy atom. The van der Waals surface area contributed by atoms with Crippen LogP contribution in [0.4, 0.5) is 5.82 Å². The van der Waals surface area contributed by atoms with Crippen molar-refractivity contribution in [3.63, 3.8) is 0 Å². The lowest BCUT2D eigenvalue weighted by atomic mass is 10.2. The third-order valence-corrected chi connectivity index (χ3v) is 3.37. The Labute approximate surface area is 119 Å². The quantitative estimate of drug-likeness (QED) is 0.518. The second kappa shape index (κ2) is 4.68. The number of fused-ring (bicyclic) bond motifs is 3. The number of hydrogen-bond acceptors (Lipinski definition) is 5. The summed E-state index contributed by atoms with van der Waals surface area (Å²) in [7, 11) is 0. The summed E-state index contributed by atoms with van der Waals surface area (Å²) in [6.07, 6.45) is 0. The molecule has 1 amide bonds. The van der Waals surface area contributed by atoms with Gasteiger partial charge < -0.3 is 10.1 Å². The molecule has 0 saturated carbocycles. The average Bonchev–Trinajstić information content (AvgIpc) is 2.77. The van der Waals surface area contributed by atoms with Crippen molar-refractivity contribution in [2.75, 3.05) is 11.9 Å². The maximum atomic E-state index is 12.0. The zero-order valence-electron chi connectivity index (χ0n) is 10.6. The molecule has 1 unspecified atom stereocenters. The smallest absolute Gasteiger partial charge is 0.339 e. The fraction of sp³-hybridized carbons (Fsp3) is 0.231. The molecule has 3 rings (SSSR count). The van der Waals surface area contributed by atoms with Crippen LogP contribution in [0.5, 0.6) is 0 Å². The second-order valence-electron chi connectivity index (χ2n) is 4.27. The minimum atomic E-state index is -1.10. The van der Waals surface area contributed by atoms with E-state index in [1.165, 1.54) is 4.57 Å². The van der Waals surface area contributed by atoms with Crippen LogP contribution in [0, 0.1) is 4.77 Å². The van der Waals surface area contributed by atoms with Gasteiger partial charge in [0.1, 0.15) is 5.82 Å². The summed E-state index contributed by atoms with van der Waals surface area (Å²) in [4.78, 5) is 28.2. The molecule has 7 heteroatoms. The van der Waals surface area contributed by atoms with E-state index < -0.39 is 17.9 Å². The number of aromatic nitrogens is 2. The molecule has 1 atom stereocenters. The van der Waals surface area contributed by atoms with E-state index in [0.29, 0.717) is 11.3 Å². The maximum Gasteiger partial charge on any atom is 0.339 e. The number of ether oxygens (including phenoxy) is 1. The highest BCUT2D eigenvalue weighted by molar-refractivity contribution is 7.71. The number of rotatable bonds is 2. The first-order chi connectivity index (χ1) is 9.63. The third kappa shape index (κ3) is 1.78. The van der Waals surface area contributed by atoms with Gasteiger partial charge in [0.05, 0.1) is 12.1 Å². The van der Waals surface area contributed by atoms with Crippen molar-refractivity contribution in [1.82, 2.24) is 9.55 Å². The van der Waals surface area contributed by atoms with Gasteiger partial charge >= 0.3 is 5.97 Å². The van der Waals surface area contributed by atoms with Gasteiger partial charge in [-0.05, 0) is 31.3 Å². The predicted octanol–water partition coefficient (Wildman–Crippen LogP) is 1.82. The Morgan fingerprint density at radius 2 is 2.25 bits per heavy atom. The van der Waals surface area contributed by atoms with Crippen molar-refractivity contribution in [3.05, 3.63) is 29.0 Å². The molecule has 2 aromatic rings. The van der Waals surface area contributed by atoms with Crippen molar-refractivity contribution in [3.8, 4) is 0 Å². The molecule has 1 N–H and O–H groups in total. The van der Waals surface area contributed by atoms with E-state index in [4.69, 9.17) is 17.0 Å². The van der Waals surface area contributed by atoms with Crippen LogP contribution in [0.1, 0.15) is 13.0 Å². The van der Waals surface area contributed by atoms with E-state index in [-0.39, 0.29) is 11.4 Å². The highest BCUT2D eigenvalue weighted by Crippen LogP contribution is 2.31. The fourth-order valence-electron chi connectivity index (χ4n) is 2.26. The highest BCUT2D eigenvalue weighted by Gasteiger charge is 2.38. The molecule has 2 heterocycles. The minimum absolute atomic E-state index is 0.176. The maximum absolute atomic E-state index is 12.0. The summed E-state index contributed by atoms with van der Waals surface area (Å²) in [5.74, 6) is -0.590. The number of hydrogen-bond donors (Lipinski definition) is 1. The number of nitrogens with zero attached hydrogens (tertiary/aromatic N) is 2. The van der Waals surface area contributed by atoms with Crippen LogP contribution in [0.3, 0.4) is 0 Å². The molecule has 1 aromatic heterocycles. The van der Waals surface area contributed by atoms with Gasteiger partial charge in [-0.1, -0.05) is 12.1 Å². The monoisotopic (exact) mass is 289 g/mol. The summed E-state index contributed by atoms with van der Waals surface area (Å²) >= 11 is 5.19. The Bertz CT molecular complexity index is 784. The number of amides is 1. The van der Waals surface area contributed by atoms with Crippen LogP contribution in [0.2, 0.25) is 0 Å². The summed E-state index contributed by atoms with van der Waals surface area (Å²) < 4.78 is 6.52. The predicted molar refractivity (Wildman–Crippen MR) is 74.9 cm³/mol. The Kier molecular flexibility index (Phi) is 2.98. The van der Waals surface area contributed by atoms with Crippen molar-refractivity contribution in [2.24, 2.45) is 0 Å². The molecule has 0 spiro atoms. The van der Waals surface area contributed by atoms with E-state index >= 15 is 0 Å². The average molecular weight is 289 g/mol. The molecule has 0 aliphatic carbocycles. The van der Waals surface area contributed by atoms with E-state index in [1.54, 1.807) is 13.0 Å². The van der Waals surface area contributed by atoms with Crippen molar-refractivity contribution in [2.45, 2.75) is 13.0 Å². The first-order valence-corrected chi connectivity index (χ1v) is 6.53. The van der Waals surface area contributed by atoms with Gasteiger partial charge in [0.15, 0.2) is 0 Å². The first-order valence-electron chi connectivity index (χ1n) is 6.12. The molecule has 0 fully saturated rings. The van der Waals surface area contributed by atoms with Gasteiger partial charge in [-0.2, -0.15) is 0 Å². The van der Waals surface area contributed by atoms with Gasteiger partial charge in [-0.15, -0.1) is 0 Å². The van der Waals surface area contributed by atoms with Gasteiger partial charge in [0.25, 0.3) is 5.91 Å². The van der Waals surface area contributed by atoms with Gasteiger partial charge in [-0.25, -0.2) is 9.78 Å². The molecule has 1 aliphatic heterocycles. The summed E-state index contributed by atoms with van der Waals surface area (Å²) in [5, 5.41) is 3.42. The highest BCUT2D eigenvalue weighted by atomic mass is 32.1. The molecule has 102 valence electrons. The van der Waals surface area contributed by atoms with E-state index in [2.05, 4.69) is 10.3 Å². The minimum Gasteiger partial charge on any atom is -0.464 e. The molecule has 1 aliphatic rings. The number of benzene rings is 1. The second-order valence-corrected chi connectivity index (χ2v) is 4.64. The zero-order chi connectivity index (χ0) is 14.3. The zero-order valence-corrected chi connectivity index (χ0v) is 11.4. The van der Waals surface area contributed by atoms with Crippen molar-refractivity contribution in [1.29, 1.82) is 0 Å². The lowest BCUT2D eigenvalue weighted by Crippen LogP contribution is -2.26. The van der Waals surface area contributed by atoms with Gasteiger partial charge in [-0.3, -0.25) is 9.36 Å². The number of para-hydroxylation sites is 1. The number of carbonyl (C=O) groups is 2. The van der Waals surface area contributed by atoms with Crippen LogP contribution < -0.4 is 5.32 Å². The number of esters is 1. The Balaban J connectivity index is 2.25. The number of anilines is 1. The van der Waals surface area contributed by atoms with E-state index in [9.17, 15) is 9.59 Å². The van der Waals surface area contributed by atoms with Crippen molar-refractivity contribution >= 4 is 40.8 Å². The molecule has 6 nitrogen and oxygen atoms in total. The summed E-state index contributed by atoms with van der Waals surface area (Å²) in [6.45, 7) is 1.88. The summed E-state index contributed by atoms with van der Waals surface area (Å²) in [5.41, 5.74) is 0.675. The van der Waals surface area contributed by atoms with Crippen LogP contribution in [0.15, 0.2) is 24.3 Å². The normalized spacial score (nSPS) is 16.9. The molecular formula is C13H11N3O3S. The molecular weight excluding hydrogens is 278 g/mol. The molecule has 1 aromatic carbocycles. The topological polar surface area (TPSA) is 73.2 Å². The fourth-order valence-corrected chi connectivity index (χ4v) is 2.55. The van der Waals surface area contributed by atoms with Gasteiger partial charge in [0.2, 0.25) is 10.8 Å². The number of nitrogens with one attached hydrogen (secondary N) is 1. The molecule has 0 radical (unpaired) electrons. The van der Waals surface area contributed by atoms with Crippen LogP contribution in [-0.4, -0.2) is 28.0 Å². The third-order valence-electron chi connectivity index (χ3n) is 3.08. The largest absolute Gasteiger partial charge is 0.464 e. The lowest BCUT2D eigenvalue weighted by molar-refractivity contribution is -0.149. The van der Waals surface area contributed by atoms with Crippen LogP contribution in [-0.2, 0) is 14.3 Å². The SMILES string of the molecule is CCOC(=O)C1C(=O)Nc2c3ccccc3nc(=S)n21. The Hall–Kier alpha value is -2.28. The van der Waals surface area contributed by atoms with Crippen LogP contribution >= 0.6 is 12.2 Å². The lowest BCUT2D eigenvalue weighted by Gasteiger charge is -2.11. The van der Waals surface area contributed by atoms with E-state index in [1.807, 2.05) is 18.2 Å². The molecule has 20 heavy (non-hydrogen) atoms. The number of carbonyl (C=O) groups excluding carboxylic acids is 2. The van der Waals surface area contributed by atoms with Gasteiger partial charge in [0, 0.05) is 5.39 Å². The van der Waals surface area contributed by atoms with Crippen LogP contribution in [0.25, 0.3) is 10.9 Å². The molecule has 0 bridgehead atoms. The standard InChI is InChI=1S/C13H11N3O3S/c1-2-19-12(18)9-11(17)15-10-7-5-3-4-6-8(7)14-13(20)16(9)10/h3-6,9H,2H2,1H3,(H,15,17). The Morgan fingerprint density at radius 1 is 1.50 bits per heavy atom. The molecule has 0 saturated heterocycles.